The van der Waals surface area contributed by atoms with Gasteiger partial charge in [-0.1, -0.05) is 11.6 Å². The lowest BCUT2D eigenvalue weighted by atomic mass is 10.2. The molecular weight excluding hydrogens is 276 g/mol. The molecule has 0 unspecified atom stereocenters. The molecule has 0 aliphatic carbocycles. The Morgan fingerprint density at radius 3 is 2.68 bits per heavy atom. The predicted octanol–water partition coefficient (Wildman–Crippen LogP) is 1.84. The number of carboxylic acid groups (broad SMARTS) is 1. The number of rotatable bonds is 6. The Balaban J connectivity index is 2.65. The minimum atomic E-state index is -0.948. The number of benzene rings is 1. The predicted molar refractivity (Wildman–Crippen MR) is 67.3 cm³/mol. The summed E-state index contributed by atoms with van der Waals surface area (Å²) < 4.78 is 0. The molecular formula is C11H11ClN2O5. The van der Waals surface area contributed by atoms with Crippen LogP contribution in [-0.2, 0) is 4.79 Å². The van der Waals surface area contributed by atoms with Crippen LogP contribution < -0.4 is 5.32 Å². The number of hydrogen-bond donors (Lipinski definition) is 2. The van der Waals surface area contributed by atoms with Crippen molar-refractivity contribution in [1.29, 1.82) is 0 Å². The van der Waals surface area contributed by atoms with Crippen LogP contribution in [0, 0.1) is 10.1 Å². The van der Waals surface area contributed by atoms with Crippen LogP contribution in [0.15, 0.2) is 18.2 Å². The van der Waals surface area contributed by atoms with Crippen LogP contribution >= 0.6 is 11.6 Å². The lowest BCUT2D eigenvalue weighted by Crippen LogP contribution is -2.24. The number of carboxylic acids is 1. The number of carbonyl (C=O) groups is 2. The Bertz CT molecular complexity index is 518. The fraction of sp³-hybridized carbons (Fsp3) is 0.273. The Kier molecular flexibility index (Phi) is 5.25. The highest BCUT2D eigenvalue weighted by atomic mass is 35.5. The number of nitrogens with zero attached hydrogens (tertiary/aromatic N) is 1. The Morgan fingerprint density at radius 1 is 1.42 bits per heavy atom. The van der Waals surface area contributed by atoms with E-state index in [4.69, 9.17) is 16.7 Å². The maximum atomic E-state index is 11.7. The molecule has 19 heavy (non-hydrogen) atoms. The minimum Gasteiger partial charge on any atom is -0.481 e. The Morgan fingerprint density at radius 2 is 2.11 bits per heavy atom. The normalized spacial score (nSPS) is 9.95. The number of amides is 1. The smallest absolute Gasteiger partial charge is 0.303 e. The van der Waals surface area contributed by atoms with Crippen LogP contribution in [-0.4, -0.2) is 28.5 Å². The van der Waals surface area contributed by atoms with Gasteiger partial charge in [0.25, 0.3) is 11.6 Å². The maximum Gasteiger partial charge on any atom is 0.303 e. The summed E-state index contributed by atoms with van der Waals surface area (Å²) in [5, 5.41) is 21.5. The molecule has 0 saturated heterocycles. The van der Waals surface area contributed by atoms with Crippen molar-refractivity contribution in [2.45, 2.75) is 12.8 Å². The Labute approximate surface area is 113 Å². The second kappa shape index (κ2) is 6.69. The standard InChI is InChI=1S/C11H11ClN2O5/c12-8-4-3-7(6-9(8)14(18)19)11(17)13-5-1-2-10(15)16/h3-4,6H,1-2,5H2,(H,13,17)(H,15,16). The fourth-order valence-corrected chi connectivity index (χ4v) is 1.52. The highest BCUT2D eigenvalue weighted by Gasteiger charge is 2.15. The molecule has 1 rings (SSSR count). The first-order valence-corrected chi connectivity index (χ1v) is 5.73. The average molecular weight is 287 g/mol. The van der Waals surface area contributed by atoms with Crippen molar-refractivity contribution < 1.29 is 19.6 Å². The molecule has 8 heteroatoms. The molecule has 0 heterocycles. The molecule has 0 radical (unpaired) electrons. The van der Waals surface area contributed by atoms with Crippen molar-refractivity contribution in [3.63, 3.8) is 0 Å². The first kappa shape index (κ1) is 14.9. The van der Waals surface area contributed by atoms with Gasteiger partial charge in [-0.2, -0.15) is 0 Å². The van der Waals surface area contributed by atoms with Crippen LogP contribution in [0.3, 0.4) is 0 Å². The van der Waals surface area contributed by atoms with E-state index in [1.54, 1.807) is 0 Å². The van der Waals surface area contributed by atoms with Crippen LogP contribution in [0.4, 0.5) is 5.69 Å². The van der Waals surface area contributed by atoms with Gasteiger partial charge in [-0.05, 0) is 18.6 Å². The van der Waals surface area contributed by atoms with Crippen molar-refractivity contribution in [2.75, 3.05) is 6.54 Å². The molecule has 7 nitrogen and oxygen atoms in total. The third kappa shape index (κ3) is 4.55. The zero-order valence-corrected chi connectivity index (χ0v) is 10.5. The van der Waals surface area contributed by atoms with Crippen molar-refractivity contribution in [3.05, 3.63) is 38.9 Å². The number of carbonyl (C=O) groups excluding carboxylic acids is 1. The zero-order valence-electron chi connectivity index (χ0n) is 9.76. The quantitative estimate of drug-likeness (QED) is 0.471. The molecule has 0 spiro atoms. The summed E-state index contributed by atoms with van der Waals surface area (Å²) in [5.41, 5.74) is -0.244. The van der Waals surface area contributed by atoms with E-state index >= 15 is 0 Å². The van der Waals surface area contributed by atoms with Crippen LogP contribution in [0.1, 0.15) is 23.2 Å². The number of nitro benzene ring substituents is 1. The summed E-state index contributed by atoms with van der Waals surface area (Å²) in [6.45, 7) is 0.182. The van der Waals surface area contributed by atoms with E-state index < -0.39 is 16.8 Å². The molecule has 0 atom stereocenters. The summed E-state index contributed by atoms with van der Waals surface area (Å²) >= 11 is 5.62. The number of hydrogen-bond acceptors (Lipinski definition) is 4. The van der Waals surface area contributed by atoms with Gasteiger partial charge in [-0.15, -0.1) is 0 Å². The topological polar surface area (TPSA) is 110 Å². The molecule has 102 valence electrons. The summed E-state index contributed by atoms with van der Waals surface area (Å²) in [6, 6.07) is 3.71. The first-order chi connectivity index (χ1) is 8.91. The van der Waals surface area contributed by atoms with Crippen molar-refractivity contribution >= 4 is 29.2 Å². The maximum absolute atomic E-state index is 11.7. The van der Waals surface area contributed by atoms with Crippen molar-refractivity contribution in [3.8, 4) is 0 Å². The summed E-state index contributed by atoms with van der Waals surface area (Å²) in [5.74, 6) is -1.46. The third-order valence-corrected chi connectivity index (χ3v) is 2.58. The highest BCUT2D eigenvalue weighted by Crippen LogP contribution is 2.24. The largest absolute Gasteiger partial charge is 0.481 e. The van der Waals surface area contributed by atoms with Crippen LogP contribution in [0.5, 0.6) is 0 Å². The number of nitro groups is 1. The van der Waals surface area contributed by atoms with Crippen molar-refractivity contribution in [1.82, 2.24) is 5.32 Å². The lowest BCUT2D eigenvalue weighted by molar-refractivity contribution is -0.384. The minimum absolute atomic E-state index is 0.0487. The molecule has 0 aliphatic rings. The molecule has 0 aliphatic heterocycles. The van der Waals surface area contributed by atoms with E-state index in [0.717, 1.165) is 6.07 Å². The van der Waals surface area contributed by atoms with Gasteiger partial charge in [0.05, 0.1) is 4.92 Å². The zero-order chi connectivity index (χ0) is 14.4. The summed E-state index contributed by atoms with van der Waals surface area (Å²) in [7, 11) is 0. The monoisotopic (exact) mass is 286 g/mol. The van der Waals surface area contributed by atoms with E-state index in [9.17, 15) is 19.7 Å². The summed E-state index contributed by atoms with van der Waals surface area (Å²) in [6.07, 6.45) is 0.234. The third-order valence-electron chi connectivity index (χ3n) is 2.26. The van der Waals surface area contributed by atoms with Crippen LogP contribution in [0.2, 0.25) is 5.02 Å². The van der Waals surface area contributed by atoms with Gasteiger partial charge < -0.3 is 10.4 Å². The van der Waals surface area contributed by atoms with Gasteiger partial charge in [-0.25, -0.2) is 0 Å². The van der Waals surface area contributed by atoms with Gasteiger partial charge in [0.15, 0.2) is 0 Å². The molecule has 2 N–H and O–H groups in total. The first-order valence-electron chi connectivity index (χ1n) is 5.35. The van der Waals surface area contributed by atoms with Gasteiger partial charge >= 0.3 is 5.97 Å². The Hall–Kier alpha value is -2.15. The number of halogens is 1. The van der Waals surface area contributed by atoms with E-state index in [1.165, 1.54) is 12.1 Å². The molecule has 0 bridgehead atoms. The highest BCUT2D eigenvalue weighted by molar-refractivity contribution is 6.32. The molecule has 1 amide bonds. The fourth-order valence-electron chi connectivity index (χ4n) is 1.34. The SMILES string of the molecule is O=C(O)CCCNC(=O)c1ccc(Cl)c([N+](=O)[O-])c1. The van der Waals surface area contributed by atoms with Gasteiger partial charge in [0.2, 0.25) is 0 Å². The van der Waals surface area contributed by atoms with Crippen molar-refractivity contribution in [2.24, 2.45) is 0 Å². The summed E-state index contributed by atoms with van der Waals surface area (Å²) in [4.78, 5) is 31.9. The van der Waals surface area contributed by atoms with Gasteiger partial charge in [-0.3, -0.25) is 19.7 Å². The van der Waals surface area contributed by atoms with E-state index in [-0.39, 0.29) is 35.7 Å². The van der Waals surface area contributed by atoms with Crippen LogP contribution in [0.25, 0.3) is 0 Å². The number of nitrogens with one attached hydrogen (secondary N) is 1. The van der Waals surface area contributed by atoms with Gasteiger partial charge in [0, 0.05) is 24.6 Å². The number of aliphatic carboxylic acids is 1. The molecule has 0 fully saturated rings. The second-order valence-corrected chi connectivity index (χ2v) is 4.08. The van der Waals surface area contributed by atoms with E-state index in [0.29, 0.717) is 0 Å². The van der Waals surface area contributed by atoms with E-state index in [2.05, 4.69) is 5.32 Å². The molecule has 0 saturated carbocycles. The average Bonchev–Trinajstić information content (AvgIpc) is 2.34. The van der Waals surface area contributed by atoms with E-state index in [1.807, 2.05) is 0 Å². The molecule has 1 aromatic rings. The van der Waals surface area contributed by atoms with Gasteiger partial charge in [0.1, 0.15) is 5.02 Å². The lowest BCUT2D eigenvalue weighted by Gasteiger charge is -2.04. The molecule has 0 aromatic heterocycles. The molecule has 1 aromatic carbocycles. The second-order valence-electron chi connectivity index (χ2n) is 3.68.